The molecule has 1 aliphatic carbocycles. The van der Waals surface area contributed by atoms with Gasteiger partial charge in [-0.15, -0.1) is 0 Å². The Labute approximate surface area is 168 Å². The number of hydrogen-bond donors (Lipinski definition) is 1. The standard InChI is InChI=1S/C21H25F2N3O3/c1-3-4-16-17(18(24)27)25-19-26(16)9-15(29-19)10-28-14-7-5-13(6-8-14)20(2)11-21(22,23)12-20/h5-8,15H,3-4,9-12H2,1-2H3,(H2,24,27)/t15-/m0/s1. The topological polar surface area (TPSA) is 79.4 Å². The fourth-order valence-electron chi connectivity index (χ4n) is 4.34. The van der Waals surface area contributed by atoms with E-state index in [0.717, 1.165) is 17.7 Å². The number of amides is 1. The van der Waals surface area contributed by atoms with E-state index in [-0.39, 0.29) is 24.6 Å². The molecule has 4 rings (SSSR count). The van der Waals surface area contributed by atoms with Gasteiger partial charge in [-0.05, 0) is 24.1 Å². The summed E-state index contributed by atoms with van der Waals surface area (Å²) in [5, 5.41) is 0. The second-order valence-electron chi connectivity index (χ2n) is 8.26. The number of nitrogens with two attached hydrogens (primary N) is 1. The fourth-order valence-corrected chi connectivity index (χ4v) is 4.34. The van der Waals surface area contributed by atoms with Gasteiger partial charge in [0.05, 0.1) is 12.2 Å². The number of ether oxygens (including phenoxy) is 2. The molecule has 2 aromatic rings. The molecule has 0 bridgehead atoms. The summed E-state index contributed by atoms with van der Waals surface area (Å²) >= 11 is 0. The zero-order valence-corrected chi connectivity index (χ0v) is 16.6. The van der Waals surface area contributed by atoms with Crippen molar-refractivity contribution < 1.29 is 23.0 Å². The number of hydrogen-bond acceptors (Lipinski definition) is 4. The summed E-state index contributed by atoms with van der Waals surface area (Å²) in [6.07, 6.45) is 1.10. The number of carbonyl (C=O) groups is 1. The summed E-state index contributed by atoms with van der Waals surface area (Å²) in [4.78, 5) is 15.8. The van der Waals surface area contributed by atoms with E-state index in [2.05, 4.69) is 4.98 Å². The number of fused-ring (bicyclic) bond motifs is 1. The SMILES string of the molecule is CCCc1c(C(N)=O)nc2n1C[C@@H](COc1ccc(C3(C)CC(F)(F)C3)cc1)O2. The highest BCUT2D eigenvalue weighted by Crippen LogP contribution is 2.53. The molecule has 0 spiro atoms. The Kier molecular flexibility index (Phi) is 4.75. The lowest BCUT2D eigenvalue weighted by molar-refractivity contribution is -0.120. The van der Waals surface area contributed by atoms with Crippen molar-refractivity contribution in [3.05, 3.63) is 41.2 Å². The number of nitrogens with zero attached hydrogens (tertiary/aromatic N) is 2. The first-order chi connectivity index (χ1) is 13.7. The van der Waals surface area contributed by atoms with E-state index in [9.17, 15) is 13.6 Å². The quantitative estimate of drug-likeness (QED) is 0.765. The molecule has 29 heavy (non-hydrogen) atoms. The molecular weight excluding hydrogens is 380 g/mol. The lowest BCUT2D eigenvalue weighted by Gasteiger charge is -2.45. The maximum atomic E-state index is 13.3. The number of halogens is 2. The molecule has 6 nitrogen and oxygen atoms in total. The van der Waals surface area contributed by atoms with Gasteiger partial charge in [0, 0.05) is 18.3 Å². The van der Waals surface area contributed by atoms with Crippen LogP contribution >= 0.6 is 0 Å². The van der Waals surface area contributed by atoms with Crippen LogP contribution in [0.1, 0.15) is 54.9 Å². The lowest BCUT2D eigenvalue weighted by Crippen LogP contribution is -2.47. The molecule has 0 unspecified atom stereocenters. The summed E-state index contributed by atoms with van der Waals surface area (Å²) in [6.45, 7) is 4.74. The van der Waals surface area contributed by atoms with Gasteiger partial charge in [0.2, 0.25) is 5.92 Å². The minimum Gasteiger partial charge on any atom is -0.490 e. The van der Waals surface area contributed by atoms with Crippen molar-refractivity contribution in [2.24, 2.45) is 5.73 Å². The van der Waals surface area contributed by atoms with Crippen molar-refractivity contribution in [3.63, 3.8) is 0 Å². The third-order valence-corrected chi connectivity index (χ3v) is 5.70. The van der Waals surface area contributed by atoms with E-state index >= 15 is 0 Å². The van der Waals surface area contributed by atoms with Gasteiger partial charge in [-0.2, -0.15) is 4.98 Å². The second kappa shape index (κ2) is 7.00. The molecule has 1 atom stereocenters. The van der Waals surface area contributed by atoms with E-state index in [1.807, 2.05) is 30.5 Å². The van der Waals surface area contributed by atoms with E-state index in [0.29, 0.717) is 31.3 Å². The molecule has 2 heterocycles. The molecule has 0 radical (unpaired) electrons. The third-order valence-electron chi connectivity index (χ3n) is 5.70. The maximum absolute atomic E-state index is 13.3. The van der Waals surface area contributed by atoms with Gasteiger partial charge in [-0.1, -0.05) is 32.4 Å². The Hall–Kier alpha value is -2.64. The van der Waals surface area contributed by atoms with Crippen molar-refractivity contribution in [2.75, 3.05) is 6.61 Å². The van der Waals surface area contributed by atoms with E-state index in [1.165, 1.54) is 0 Å². The predicted octanol–water partition coefficient (Wildman–Crippen LogP) is 3.46. The smallest absolute Gasteiger partial charge is 0.297 e. The summed E-state index contributed by atoms with van der Waals surface area (Å²) < 4.78 is 40.0. The monoisotopic (exact) mass is 405 g/mol. The maximum Gasteiger partial charge on any atom is 0.297 e. The van der Waals surface area contributed by atoms with E-state index < -0.39 is 17.2 Å². The Bertz CT molecular complexity index is 916. The first kappa shape index (κ1) is 19.7. The van der Waals surface area contributed by atoms with Crippen LogP contribution in [-0.4, -0.2) is 34.1 Å². The van der Waals surface area contributed by atoms with Crippen molar-refractivity contribution in [2.45, 2.75) is 63.5 Å². The number of benzene rings is 1. The van der Waals surface area contributed by atoms with Crippen molar-refractivity contribution in [1.82, 2.24) is 9.55 Å². The number of primary amides is 1. The molecule has 1 aromatic carbocycles. The number of alkyl halides is 2. The van der Waals surface area contributed by atoms with Crippen LogP contribution < -0.4 is 15.2 Å². The second-order valence-corrected chi connectivity index (χ2v) is 8.26. The molecule has 156 valence electrons. The van der Waals surface area contributed by atoms with Crippen LogP contribution in [0.3, 0.4) is 0 Å². The summed E-state index contributed by atoms with van der Waals surface area (Å²) in [7, 11) is 0. The molecule has 0 saturated heterocycles. The summed E-state index contributed by atoms with van der Waals surface area (Å²) in [5.41, 5.74) is 6.91. The number of carbonyl (C=O) groups excluding carboxylic acids is 1. The van der Waals surface area contributed by atoms with Crippen LogP contribution in [0.2, 0.25) is 0 Å². The Balaban J connectivity index is 1.36. The molecule has 1 saturated carbocycles. The summed E-state index contributed by atoms with van der Waals surface area (Å²) in [5.74, 6) is -2.45. The van der Waals surface area contributed by atoms with Gasteiger partial charge >= 0.3 is 0 Å². The molecule has 2 aliphatic rings. The minimum atomic E-state index is -2.56. The fraction of sp³-hybridized carbons (Fsp3) is 0.524. The number of imidazole rings is 1. The van der Waals surface area contributed by atoms with Crippen molar-refractivity contribution in [3.8, 4) is 11.8 Å². The van der Waals surface area contributed by atoms with Gasteiger partial charge in [0.25, 0.3) is 11.9 Å². The van der Waals surface area contributed by atoms with Crippen molar-refractivity contribution in [1.29, 1.82) is 0 Å². The molecule has 2 N–H and O–H groups in total. The molecule has 1 aromatic heterocycles. The normalized spacial score (nSPS) is 21.2. The molecule has 1 fully saturated rings. The minimum absolute atomic E-state index is 0.116. The third kappa shape index (κ3) is 3.68. The number of rotatable bonds is 7. The van der Waals surface area contributed by atoms with Crippen LogP contribution in [0.5, 0.6) is 11.8 Å². The Morgan fingerprint density at radius 2 is 2.03 bits per heavy atom. The predicted molar refractivity (Wildman–Crippen MR) is 103 cm³/mol. The molecule has 1 amide bonds. The molecule has 8 heteroatoms. The molecular formula is C21H25F2N3O3. The van der Waals surface area contributed by atoms with Crippen LogP contribution in [0, 0.1) is 0 Å². The van der Waals surface area contributed by atoms with Crippen molar-refractivity contribution >= 4 is 5.91 Å². The average molecular weight is 405 g/mol. The number of aromatic nitrogens is 2. The van der Waals surface area contributed by atoms with Gasteiger partial charge in [0.1, 0.15) is 12.4 Å². The van der Waals surface area contributed by atoms with Gasteiger partial charge in [0.15, 0.2) is 11.8 Å². The van der Waals surface area contributed by atoms with Crippen LogP contribution in [0.15, 0.2) is 24.3 Å². The van der Waals surface area contributed by atoms with Crippen LogP contribution in [0.25, 0.3) is 0 Å². The zero-order valence-electron chi connectivity index (χ0n) is 16.6. The van der Waals surface area contributed by atoms with Gasteiger partial charge in [-0.25, -0.2) is 8.78 Å². The average Bonchev–Trinajstić information content (AvgIpc) is 3.18. The van der Waals surface area contributed by atoms with E-state index in [1.54, 1.807) is 12.1 Å². The molecule has 1 aliphatic heterocycles. The zero-order chi connectivity index (χ0) is 20.8. The Morgan fingerprint density at radius 1 is 1.34 bits per heavy atom. The highest BCUT2D eigenvalue weighted by Gasteiger charge is 2.54. The Morgan fingerprint density at radius 3 is 2.62 bits per heavy atom. The lowest BCUT2D eigenvalue weighted by atomic mass is 9.63. The van der Waals surface area contributed by atoms with Crippen LogP contribution in [0.4, 0.5) is 8.78 Å². The first-order valence-electron chi connectivity index (χ1n) is 9.88. The largest absolute Gasteiger partial charge is 0.490 e. The highest BCUT2D eigenvalue weighted by atomic mass is 19.3. The highest BCUT2D eigenvalue weighted by molar-refractivity contribution is 5.92. The van der Waals surface area contributed by atoms with Gasteiger partial charge in [-0.3, -0.25) is 9.36 Å². The summed E-state index contributed by atoms with van der Waals surface area (Å²) in [6, 6.07) is 7.70. The first-order valence-corrected chi connectivity index (χ1v) is 9.88. The van der Waals surface area contributed by atoms with Gasteiger partial charge < -0.3 is 15.2 Å². The van der Waals surface area contributed by atoms with Crippen LogP contribution in [-0.2, 0) is 18.4 Å². The van der Waals surface area contributed by atoms with E-state index in [4.69, 9.17) is 15.2 Å².